The van der Waals surface area contributed by atoms with Crippen LogP contribution in [0.1, 0.15) is 25.3 Å². The third kappa shape index (κ3) is 3.92. The van der Waals surface area contributed by atoms with Crippen LogP contribution < -0.4 is 16.0 Å². The van der Waals surface area contributed by atoms with Crippen molar-refractivity contribution in [3.05, 3.63) is 29.6 Å². The molecule has 1 aliphatic carbocycles. The minimum Gasteiger partial charge on any atom is -0.368 e. The Morgan fingerprint density at radius 1 is 1.53 bits per heavy atom. The van der Waals surface area contributed by atoms with Gasteiger partial charge >= 0.3 is 0 Å². The van der Waals surface area contributed by atoms with Gasteiger partial charge in [-0.2, -0.15) is 0 Å². The maximum Gasteiger partial charge on any atom is 0.236 e. The molecule has 1 aromatic rings. The molecule has 0 aliphatic heterocycles. The molecule has 0 aromatic heterocycles. The van der Waals surface area contributed by atoms with Gasteiger partial charge in [0.25, 0.3) is 0 Å². The fraction of sp³-hybridized carbons (Fsp3) is 0.500. The quantitative estimate of drug-likeness (QED) is 0.783. The summed E-state index contributed by atoms with van der Waals surface area (Å²) < 4.78 is 13.4. The second kappa shape index (κ2) is 6.02. The molecule has 19 heavy (non-hydrogen) atoms. The third-order valence-electron chi connectivity index (χ3n) is 3.27. The first-order valence-corrected chi connectivity index (χ1v) is 6.65. The number of halogens is 1. The van der Waals surface area contributed by atoms with Crippen LogP contribution >= 0.6 is 0 Å². The van der Waals surface area contributed by atoms with Crippen molar-refractivity contribution in [2.75, 3.05) is 18.0 Å². The SMILES string of the molecule is CCN(CC(N)=O)c1ccc(F)cc1CNC1CC1. The van der Waals surface area contributed by atoms with Crippen LogP contribution in [0.25, 0.3) is 0 Å². The number of benzene rings is 1. The molecule has 104 valence electrons. The number of amides is 1. The van der Waals surface area contributed by atoms with Gasteiger partial charge in [-0.05, 0) is 43.5 Å². The zero-order valence-corrected chi connectivity index (χ0v) is 11.2. The summed E-state index contributed by atoms with van der Waals surface area (Å²) in [7, 11) is 0. The van der Waals surface area contributed by atoms with E-state index >= 15 is 0 Å². The Hall–Kier alpha value is -1.62. The van der Waals surface area contributed by atoms with Gasteiger partial charge in [0.2, 0.25) is 5.91 Å². The molecule has 0 atom stereocenters. The molecule has 1 saturated carbocycles. The molecule has 3 N–H and O–H groups in total. The molecule has 5 heteroatoms. The van der Waals surface area contributed by atoms with Crippen LogP contribution in [0.4, 0.5) is 10.1 Å². The molecular formula is C14H20FN3O. The average Bonchev–Trinajstić information content (AvgIpc) is 3.18. The highest BCUT2D eigenvalue weighted by molar-refractivity contribution is 5.79. The van der Waals surface area contributed by atoms with Crippen molar-refractivity contribution in [1.29, 1.82) is 0 Å². The largest absolute Gasteiger partial charge is 0.368 e. The first-order valence-electron chi connectivity index (χ1n) is 6.65. The van der Waals surface area contributed by atoms with Crippen molar-refractivity contribution in [2.45, 2.75) is 32.4 Å². The van der Waals surface area contributed by atoms with Gasteiger partial charge in [0.1, 0.15) is 5.82 Å². The Balaban J connectivity index is 2.17. The van der Waals surface area contributed by atoms with Crippen LogP contribution in [0, 0.1) is 5.82 Å². The number of primary amides is 1. The lowest BCUT2D eigenvalue weighted by molar-refractivity contribution is -0.116. The maximum absolute atomic E-state index is 13.4. The number of nitrogens with zero attached hydrogens (tertiary/aromatic N) is 1. The summed E-state index contributed by atoms with van der Waals surface area (Å²) in [5, 5.41) is 3.36. The Morgan fingerprint density at radius 2 is 2.26 bits per heavy atom. The molecule has 0 unspecified atom stereocenters. The number of rotatable bonds is 7. The molecule has 0 radical (unpaired) electrons. The zero-order chi connectivity index (χ0) is 13.8. The molecule has 0 heterocycles. The monoisotopic (exact) mass is 265 g/mol. The fourth-order valence-electron chi connectivity index (χ4n) is 2.10. The van der Waals surface area contributed by atoms with E-state index in [-0.39, 0.29) is 18.3 Å². The minimum absolute atomic E-state index is 0.151. The fourth-order valence-corrected chi connectivity index (χ4v) is 2.10. The highest BCUT2D eigenvalue weighted by atomic mass is 19.1. The van der Waals surface area contributed by atoms with Crippen molar-refractivity contribution in [3.63, 3.8) is 0 Å². The maximum atomic E-state index is 13.4. The van der Waals surface area contributed by atoms with Crippen LogP contribution in [0.2, 0.25) is 0 Å². The summed E-state index contributed by atoms with van der Waals surface area (Å²) in [6.45, 7) is 3.38. The molecule has 1 fully saturated rings. The smallest absolute Gasteiger partial charge is 0.236 e. The number of carbonyl (C=O) groups excluding carboxylic acids is 1. The van der Waals surface area contributed by atoms with Crippen molar-refractivity contribution < 1.29 is 9.18 Å². The van der Waals surface area contributed by atoms with Gasteiger partial charge in [-0.15, -0.1) is 0 Å². The number of likely N-dealkylation sites (N-methyl/N-ethyl adjacent to an activating group) is 1. The first-order chi connectivity index (χ1) is 9.10. The van der Waals surface area contributed by atoms with Gasteiger partial charge in [0.15, 0.2) is 0 Å². The minimum atomic E-state index is -0.382. The van der Waals surface area contributed by atoms with E-state index in [1.807, 2.05) is 11.8 Å². The lowest BCUT2D eigenvalue weighted by Gasteiger charge is -2.24. The van der Waals surface area contributed by atoms with E-state index in [9.17, 15) is 9.18 Å². The summed E-state index contributed by atoms with van der Waals surface area (Å²) in [5.41, 5.74) is 6.99. The summed E-state index contributed by atoms with van der Waals surface area (Å²) in [6, 6.07) is 5.21. The predicted octanol–water partition coefficient (Wildman–Crippen LogP) is 1.39. The van der Waals surface area contributed by atoms with Crippen LogP contribution in [-0.4, -0.2) is 25.0 Å². The highest BCUT2D eigenvalue weighted by Crippen LogP contribution is 2.24. The number of anilines is 1. The number of carbonyl (C=O) groups is 1. The van der Waals surface area contributed by atoms with Crippen LogP contribution in [0.15, 0.2) is 18.2 Å². The van der Waals surface area contributed by atoms with E-state index in [0.29, 0.717) is 19.1 Å². The van der Waals surface area contributed by atoms with E-state index in [2.05, 4.69) is 5.32 Å². The Morgan fingerprint density at radius 3 is 2.84 bits per heavy atom. The molecule has 0 bridgehead atoms. The molecule has 1 aromatic carbocycles. The topological polar surface area (TPSA) is 58.4 Å². The summed E-state index contributed by atoms with van der Waals surface area (Å²) in [5.74, 6) is -0.640. The van der Waals surface area contributed by atoms with Gasteiger partial charge < -0.3 is 16.0 Å². The van der Waals surface area contributed by atoms with E-state index in [0.717, 1.165) is 11.3 Å². The summed E-state index contributed by atoms with van der Waals surface area (Å²) in [4.78, 5) is 13.0. The van der Waals surface area contributed by atoms with E-state index < -0.39 is 0 Å². The van der Waals surface area contributed by atoms with Crippen LogP contribution in [-0.2, 0) is 11.3 Å². The predicted molar refractivity (Wildman–Crippen MR) is 73.3 cm³/mol. The second-order valence-electron chi connectivity index (χ2n) is 4.91. The highest BCUT2D eigenvalue weighted by Gasteiger charge is 2.21. The van der Waals surface area contributed by atoms with Crippen molar-refractivity contribution in [2.24, 2.45) is 5.73 Å². The molecular weight excluding hydrogens is 245 g/mol. The molecule has 2 rings (SSSR count). The Labute approximate surface area is 112 Å². The van der Waals surface area contributed by atoms with E-state index in [4.69, 9.17) is 5.73 Å². The van der Waals surface area contributed by atoms with Gasteiger partial charge in [0, 0.05) is 24.8 Å². The average molecular weight is 265 g/mol. The standard InChI is InChI=1S/C14H20FN3O/c1-2-18(9-14(16)19)13-6-3-11(15)7-10(13)8-17-12-4-5-12/h3,6-7,12,17H,2,4-5,8-9H2,1H3,(H2,16,19). The summed E-state index contributed by atoms with van der Waals surface area (Å²) >= 11 is 0. The Kier molecular flexibility index (Phi) is 4.37. The lowest BCUT2D eigenvalue weighted by Crippen LogP contribution is -2.34. The van der Waals surface area contributed by atoms with Crippen LogP contribution in [0.5, 0.6) is 0 Å². The van der Waals surface area contributed by atoms with E-state index in [1.54, 1.807) is 6.07 Å². The number of hydrogen-bond donors (Lipinski definition) is 2. The van der Waals surface area contributed by atoms with E-state index in [1.165, 1.54) is 25.0 Å². The summed E-state index contributed by atoms with van der Waals surface area (Å²) in [6.07, 6.45) is 2.37. The zero-order valence-electron chi connectivity index (χ0n) is 11.2. The van der Waals surface area contributed by atoms with Crippen molar-refractivity contribution in [3.8, 4) is 0 Å². The molecule has 0 saturated heterocycles. The van der Waals surface area contributed by atoms with Gasteiger partial charge in [-0.1, -0.05) is 0 Å². The Bertz CT molecular complexity index is 460. The van der Waals surface area contributed by atoms with Crippen molar-refractivity contribution in [1.82, 2.24) is 5.32 Å². The molecule has 1 amide bonds. The number of hydrogen-bond acceptors (Lipinski definition) is 3. The molecule has 1 aliphatic rings. The van der Waals surface area contributed by atoms with Gasteiger partial charge in [-0.25, -0.2) is 4.39 Å². The molecule has 4 nitrogen and oxygen atoms in total. The number of nitrogens with one attached hydrogen (secondary N) is 1. The lowest BCUT2D eigenvalue weighted by atomic mass is 10.1. The first kappa shape index (κ1) is 13.8. The molecule has 0 spiro atoms. The van der Waals surface area contributed by atoms with Crippen molar-refractivity contribution >= 4 is 11.6 Å². The normalized spacial score (nSPS) is 14.4. The number of nitrogens with two attached hydrogens (primary N) is 1. The van der Waals surface area contributed by atoms with Gasteiger partial charge in [0.05, 0.1) is 6.54 Å². The van der Waals surface area contributed by atoms with Gasteiger partial charge in [-0.3, -0.25) is 4.79 Å². The van der Waals surface area contributed by atoms with Crippen LogP contribution in [0.3, 0.4) is 0 Å². The second-order valence-corrected chi connectivity index (χ2v) is 4.91. The third-order valence-corrected chi connectivity index (χ3v) is 3.27.